The fraction of sp³-hybridized carbons (Fsp3) is 0.611. The molecule has 1 aliphatic rings. The van der Waals surface area contributed by atoms with E-state index in [0.717, 1.165) is 11.3 Å². The maximum atomic E-state index is 12.9. The highest BCUT2D eigenvalue weighted by Crippen LogP contribution is 2.41. The summed E-state index contributed by atoms with van der Waals surface area (Å²) >= 11 is 3.65. The van der Waals surface area contributed by atoms with Crippen molar-refractivity contribution in [3.63, 3.8) is 0 Å². The van der Waals surface area contributed by atoms with Crippen LogP contribution < -0.4 is 0 Å². The van der Waals surface area contributed by atoms with E-state index in [0.29, 0.717) is 17.8 Å². The highest BCUT2D eigenvalue weighted by Gasteiger charge is 2.37. The molecule has 1 fully saturated rings. The second-order valence-electron chi connectivity index (χ2n) is 6.39. The van der Waals surface area contributed by atoms with Crippen LogP contribution in [-0.2, 0) is 4.79 Å². The van der Waals surface area contributed by atoms with Crippen LogP contribution in [0, 0.1) is 23.7 Å². The molecule has 1 rings (SSSR count). The quantitative estimate of drug-likeness (QED) is 0.216. The van der Waals surface area contributed by atoms with Gasteiger partial charge in [0.15, 0.2) is 0 Å². The summed E-state index contributed by atoms with van der Waals surface area (Å²) in [6, 6.07) is 0. The Labute approximate surface area is 154 Å². The number of carbonyl (C=O) groups is 1. The molecule has 0 aromatic carbocycles. The number of hydrogen-bond acceptors (Lipinski definition) is 2. The zero-order valence-corrected chi connectivity index (χ0v) is 17.1. The Hall–Kier alpha value is -0.230. The standard InChI is InChI=1S/C18H28INOS/c1-6-8-9-15(7-2)22-20(19)18(21)17-12-14(5)10-11-16(17)13(3)4/h6-9,13-14,16-17H,1,10-12H2,2-5H3/b9-8-,15-7+. The topological polar surface area (TPSA) is 20.3 Å². The summed E-state index contributed by atoms with van der Waals surface area (Å²) in [6.07, 6.45) is 11.1. The molecule has 2 nitrogen and oxygen atoms in total. The van der Waals surface area contributed by atoms with Gasteiger partial charge in [-0.05, 0) is 55.5 Å². The monoisotopic (exact) mass is 433 g/mol. The van der Waals surface area contributed by atoms with Crippen LogP contribution in [0.15, 0.2) is 35.8 Å². The Morgan fingerprint density at radius 1 is 1.41 bits per heavy atom. The van der Waals surface area contributed by atoms with Crippen LogP contribution in [0.3, 0.4) is 0 Å². The number of hydrogen-bond donors (Lipinski definition) is 0. The normalized spacial score (nSPS) is 26.5. The average Bonchev–Trinajstić information content (AvgIpc) is 2.49. The highest BCUT2D eigenvalue weighted by atomic mass is 127. The fourth-order valence-electron chi connectivity index (χ4n) is 3.10. The molecule has 0 radical (unpaired) electrons. The molecule has 0 N–H and O–H groups in total. The predicted octanol–water partition coefficient (Wildman–Crippen LogP) is 6.17. The maximum Gasteiger partial charge on any atom is 0.245 e. The first-order valence-electron chi connectivity index (χ1n) is 8.03. The van der Waals surface area contributed by atoms with Crippen LogP contribution >= 0.6 is 34.8 Å². The molecule has 3 atom stereocenters. The Balaban J connectivity index is 2.78. The number of rotatable bonds is 6. The molecule has 1 amide bonds. The first-order valence-corrected chi connectivity index (χ1v) is 9.77. The Kier molecular flexibility index (Phi) is 8.83. The van der Waals surface area contributed by atoms with Crippen LogP contribution in [0.5, 0.6) is 0 Å². The maximum absolute atomic E-state index is 12.9. The van der Waals surface area contributed by atoms with Crippen molar-refractivity contribution in [3.05, 3.63) is 35.8 Å². The lowest BCUT2D eigenvalue weighted by Crippen LogP contribution is -2.37. The van der Waals surface area contributed by atoms with Gasteiger partial charge in [0.2, 0.25) is 5.91 Å². The molecule has 0 bridgehead atoms. The number of allylic oxidation sites excluding steroid dienone is 4. The fourth-order valence-corrected chi connectivity index (χ4v) is 4.79. The van der Waals surface area contributed by atoms with Gasteiger partial charge in [0, 0.05) is 10.8 Å². The molecule has 0 saturated heterocycles. The van der Waals surface area contributed by atoms with Crippen LogP contribution in [0.2, 0.25) is 0 Å². The molecule has 4 heteroatoms. The van der Waals surface area contributed by atoms with E-state index in [4.69, 9.17) is 0 Å². The van der Waals surface area contributed by atoms with Gasteiger partial charge in [0.05, 0.1) is 22.9 Å². The van der Waals surface area contributed by atoms with Gasteiger partial charge >= 0.3 is 0 Å². The summed E-state index contributed by atoms with van der Waals surface area (Å²) in [5.41, 5.74) is 0. The van der Waals surface area contributed by atoms with Gasteiger partial charge < -0.3 is 0 Å². The predicted molar refractivity (Wildman–Crippen MR) is 106 cm³/mol. The Bertz CT molecular complexity index is 444. The van der Waals surface area contributed by atoms with Crippen molar-refractivity contribution in [1.82, 2.24) is 2.52 Å². The van der Waals surface area contributed by atoms with Gasteiger partial charge in [0.25, 0.3) is 0 Å². The van der Waals surface area contributed by atoms with Gasteiger partial charge in [-0.25, -0.2) is 2.52 Å². The summed E-state index contributed by atoms with van der Waals surface area (Å²) < 4.78 is 1.79. The Morgan fingerprint density at radius 2 is 2.09 bits per heavy atom. The summed E-state index contributed by atoms with van der Waals surface area (Å²) in [5, 5.41) is 0. The van der Waals surface area contributed by atoms with Crippen molar-refractivity contribution in [2.24, 2.45) is 23.7 Å². The zero-order valence-electron chi connectivity index (χ0n) is 14.1. The molecule has 124 valence electrons. The molecular formula is C18H28INOS. The van der Waals surface area contributed by atoms with E-state index >= 15 is 0 Å². The summed E-state index contributed by atoms with van der Waals surface area (Å²) in [5.74, 6) is 2.16. The lowest BCUT2D eigenvalue weighted by atomic mass is 9.70. The smallest absolute Gasteiger partial charge is 0.245 e. The number of halogens is 1. The van der Waals surface area contributed by atoms with E-state index in [1.807, 2.05) is 25.2 Å². The van der Waals surface area contributed by atoms with Crippen molar-refractivity contribution >= 4 is 40.7 Å². The van der Waals surface area contributed by atoms with Gasteiger partial charge in [-0.3, -0.25) is 4.79 Å². The molecule has 1 saturated carbocycles. The van der Waals surface area contributed by atoms with E-state index < -0.39 is 0 Å². The van der Waals surface area contributed by atoms with Crippen molar-refractivity contribution in [3.8, 4) is 0 Å². The van der Waals surface area contributed by atoms with E-state index in [1.54, 1.807) is 8.59 Å². The van der Waals surface area contributed by atoms with Crippen LogP contribution in [0.25, 0.3) is 0 Å². The highest BCUT2D eigenvalue weighted by molar-refractivity contribution is 14.1. The number of nitrogens with zero attached hydrogens (tertiary/aromatic N) is 1. The van der Waals surface area contributed by atoms with E-state index in [1.165, 1.54) is 24.8 Å². The lowest BCUT2D eigenvalue weighted by Gasteiger charge is -2.37. The molecule has 1 aliphatic carbocycles. The van der Waals surface area contributed by atoms with Crippen LogP contribution in [0.1, 0.15) is 47.0 Å². The van der Waals surface area contributed by atoms with Crippen LogP contribution in [-0.4, -0.2) is 8.43 Å². The van der Waals surface area contributed by atoms with Gasteiger partial charge in [-0.15, -0.1) is 0 Å². The van der Waals surface area contributed by atoms with E-state index in [9.17, 15) is 4.79 Å². The average molecular weight is 433 g/mol. The third kappa shape index (κ3) is 5.76. The lowest BCUT2D eigenvalue weighted by molar-refractivity contribution is -0.130. The van der Waals surface area contributed by atoms with Crippen molar-refractivity contribution in [1.29, 1.82) is 0 Å². The van der Waals surface area contributed by atoms with Crippen molar-refractivity contribution < 1.29 is 4.79 Å². The summed E-state index contributed by atoms with van der Waals surface area (Å²) in [6.45, 7) is 12.4. The van der Waals surface area contributed by atoms with Crippen molar-refractivity contribution in [2.45, 2.75) is 47.0 Å². The third-order valence-corrected chi connectivity index (χ3v) is 6.37. The third-order valence-electron chi connectivity index (χ3n) is 4.38. The van der Waals surface area contributed by atoms with Crippen LogP contribution in [0.4, 0.5) is 0 Å². The van der Waals surface area contributed by atoms with E-state index in [-0.39, 0.29) is 11.8 Å². The molecule has 0 spiro atoms. The number of amides is 1. The molecule has 3 unspecified atom stereocenters. The molecule has 0 aromatic heterocycles. The largest absolute Gasteiger partial charge is 0.273 e. The van der Waals surface area contributed by atoms with Gasteiger partial charge in [-0.2, -0.15) is 0 Å². The zero-order chi connectivity index (χ0) is 16.7. The molecule has 0 aromatic rings. The minimum Gasteiger partial charge on any atom is -0.273 e. The molecular weight excluding hydrogens is 405 g/mol. The second-order valence-corrected chi connectivity index (χ2v) is 9.03. The summed E-state index contributed by atoms with van der Waals surface area (Å²) in [4.78, 5) is 14.0. The Morgan fingerprint density at radius 3 is 2.64 bits per heavy atom. The molecule has 0 heterocycles. The first-order chi connectivity index (χ1) is 10.4. The minimum atomic E-state index is 0.162. The van der Waals surface area contributed by atoms with Crippen molar-refractivity contribution in [2.75, 3.05) is 0 Å². The van der Waals surface area contributed by atoms with Gasteiger partial charge in [-0.1, -0.05) is 52.0 Å². The first kappa shape index (κ1) is 19.8. The molecule has 0 aliphatic heterocycles. The minimum absolute atomic E-state index is 0.162. The SMILES string of the molecule is C=C/C=C\C(=C/C)SN(I)C(=O)C1CC(C)CCC1C(C)C. The van der Waals surface area contributed by atoms with Gasteiger partial charge in [0.1, 0.15) is 0 Å². The summed E-state index contributed by atoms with van der Waals surface area (Å²) in [7, 11) is 0. The second kappa shape index (κ2) is 9.81. The van der Waals surface area contributed by atoms with E-state index in [2.05, 4.69) is 50.2 Å². The number of carbonyl (C=O) groups excluding carboxylic acids is 1. The molecule has 22 heavy (non-hydrogen) atoms.